The molecule has 1 amide bonds. The van der Waals surface area contributed by atoms with Gasteiger partial charge in [-0.2, -0.15) is 0 Å². The van der Waals surface area contributed by atoms with Crippen molar-refractivity contribution in [3.63, 3.8) is 0 Å². The summed E-state index contributed by atoms with van der Waals surface area (Å²) >= 11 is 1.50. The van der Waals surface area contributed by atoms with E-state index in [0.29, 0.717) is 17.4 Å². The number of aryl methyl sites for hydroxylation is 2. The molecule has 1 aliphatic rings. The second kappa shape index (κ2) is 8.96. The van der Waals surface area contributed by atoms with Crippen molar-refractivity contribution in [3.05, 3.63) is 71.5 Å². The van der Waals surface area contributed by atoms with Gasteiger partial charge >= 0.3 is 0 Å². The Hall–Kier alpha value is -2.73. The van der Waals surface area contributed by atoms with E-state index in [4.69, 9.17) is 0 Å². The molecule has 1 saturated heterocycles. The Morgan fingerprint density at radius 2 is 1.87 bits per heavy atom. The van der Waals surface area contributed by atoms with Crippen LogP contribution >= 0.6 is 11.8 Å². The fraction of sp³-hybridized carbons (Fsp3) is 0.333. The lowest BCUT2D eigenvalue weighted by Gasteiger charge is -2.32. The highest BCUT2D eigenvalue weighted by Gasteiger charge is 2.24. The first-order valence-corrected chi connectivity index (χ1v) is 11.3. The standard InChI is InChI=1S/C24H27N3O2S/c1-17-3-4-18(2)22(15-17)27-14-11-25-24(27)30-16-23(29)26-12-9-20(10-13-26)19-5-7-21(28)8-6-19/h3-8,11,14-15,20,28H,9-10,12-13,16H2,1-2H3. The molecule has 0 spiro atoms. The summed E-state index contributed by atoms with van der Waals surface area (Å²) in [6.45, 7) is 5.72. The molecule has 0 atom stereocenters. The second-order valence-corrected chi connectivity index (χ2v) is 8.85. The molecule has 0 unspecified atom stereocenters. The second-order valence-electron chi connectivity index (χ2n) is 7.91. The van der Waals surface area contributed by atoms with Crippen LogP contribution < -0.4 is 0 Å². The van der Waals surface area contributed by atoms with Crippen molar-refractivity contribution < 1.29 is 9.90 Å². The van der Waals surface area contributed by atoms with E-state index in [1.807, 2.05) is 23.2 Å². The molecule has 5 nitrogen and oxygen atoms in total. The van der Waals surface area contributed by atoms with Crippen molar-refractivity contribution in [1.29, 1.82) is 0 Å². The minimum absolute atomic E-state index is 0.166. The van der Waals surface area contributed by atoms with Crippen molar-refractivity contribution in [2.24, 2.45) is 0 Å². The summed E-state index contributed by atoms with van der Waals surface area (Å²) in [5, 5.41) is 10.3. The third-order valence-electron chi connectivity index (χ3n) is 5.77. The zero-order valence-electron chi connectivity index (χ0n) is 17.4. The minimum Gasteiger partial charge on any atom is -0.508 e. The molecule has 0 radical (unpaired) electrons. The van der Waals surface area contributed by atoms with Gasteiger partial charge in [0.1, 0.15) is 5.75 Å². The van der Waals surface area contributed by atoms with Crippen LogP contribution in [0.15, 0.2) is 60.0 Å². The van der Waals surface area contributed by atoms with Gasteiger partial charge in [-0.1, -0.05) is 36.0 Å². The monoisotopic (exact) mass is 421 g/mol. The number of hydrogen-bond donors (Lipinski definition) is 1. The average Bonchev–Trinajstić information content (AvgIpc) is 3.23. The van der Waals surface area contributed by atoms with E-state index in [9.17, 15) is 9.90 Å². The fourth-order valence-corrected chi connectivity index (χ4v) is 4.85. The number of benzene rings is 2. The van der Waals surface area contributed by atoms with Gasteiger partial charge in [-0.25, -0.2) is 4.98 Å². The zero-order chi connectivity index (χ0) is 21.1. The van der Waals surface area contributed by atoms with Gasteiger partial charge in [0.05, 0.1) is 11.4 Å². The van der Waals surface area contributed by atoms with E-state index in [-0.39, 0.29) is 5.91 Å². The lowest BCUT2D eigenvalue weighted by molar-refractivity contribution is -0.129. The molecular formula is C24H27N3O2S. The fourth-order valence-electron chi connectivity index (χ4n) is 3.99. The Morgan fingerprint density at radius 1 is 1.13 bits per heavy atom. The minimum atomic E-state index is 0.166. The number of hydrogen-bond acceptors (Lipinski definition) is 4. The van der Waals surface area contributed by atoms with Gasteiger partial charge in [0, 0.05) is 25.5 Å². The third kappa shape index (κ3) is 4.54. The van der Waals surface area contributed by atoms with Gasteiger partial charge in [0.25, 0.3) is 0 Å². The van der Waals surface area contributed by atoms with Crippen LogP contribution in [-0.2, 0) is 4.79 Å². The number of nitrogens with zero attached hydrogens (tertiary/aromatic N) is 3. The number of likely N-dealkylation sites (tertiary alicyclic amines) is 1. The van der Waals surface area contributed by atoms with E-state index in [1.54, 1.807) is 18.3 Å². The molecule has 0 aliphatic carbocycles. The number of phenols is 1. The zero-order valence-corrected chi connectivity index (χ0v) is 18.2. The number of piperidine rings is 1. The molecule has 4 rings (SSSR count). The van der Waals surface area contributed by atoms with Crippen molar-refractivity contribution in [3.8, 4) is 11.4 Å². The predicted octanol–water partition coefficient (Wildman–Crippen LogP) is 4.69. The van der Waals surface area contributed by atoms with Gasteiger partial charge in [0.15, 0.2) is 5.16 Å². The van der Waals surface area contributed by atoms with Gasteiger partial charge in [0.2, 0.25) is 5.91 Å². The first kappa shape index (κ1) is 20.5. The Morgan fingerprint density at radius 3 is 2.60 bits per heavy atom. The maximum atomic E-state index is 12.8. The van der Waals surface area contributed by atoms with Crippen LogP contribution in [0.25, 0.3) is 5.69 Å². The highest BCUT2D eigenvalue weighted by molar-refractivity contribution is 7.99. The van der Waals surface area contributed by atoms with Crippen molar-refractivity contribution >= 4 is 17.7 Å². The summed E-state index contributed by atoms with van der Waals surface area (Å²) in [6, 6.07) is 13.8. The van der Waals surface area contributed by atoms with Crippen LogP contribution in [0.3, 0.4) is 0 Å². The van der Waals surface area contributed by atoms with Crippen LogP contribution in [-0.4, -0.2) is 44.3 Å². The number of phenolic OH excluding ortho intramolecular Hbond substituents is 1. The molecule has 1 aliphatic heterocycles. The Bertz CT molecular complexity index is 1020. The summed E-state index contributed by atoms with van der Waals surface area (Å²) in [7, 11) is 0. The summed E-state index contributed by atoms with van der Waals surface area (Å²) in [5.41, 5.74) is 4.73. The largest absolute Gasteiger partial charge is 0.508 e. The molecule has 156 valence electrons. The molecule has 0 bridgehead atoms. The molecule has 2 aromatic carbocycles. The number of rotatable bonds is 5. The highest BCUT2D eigenvalue weighted by atomic mass is 32.2. The number of aromatic hydroxyl groups is 1. The first-order valence-electron chi connectivity index (χ1n) is 10.3. The summed E-state index contributed by atoms with van der Waals surface area (Å²) < 4.78 is 2.07. The molecule has 2 heterocycles. The van der Waals surface area contributed by atoms with Crippen LogP contribution in [0.5, 0.6) is 5.75 Å². The van der Waals surface area contributed by atoms with Crippen LogP contribution in [0.4, 0.5) is 0 Å². The van der Waals surface area contributed by atoms with Crippen molar-refractivity contribution in [2.75, 3.05) is 18.8 Å². The number of imidazole rings is 1. The number of carbonyl (C=O) groups excluding carboxylic acids is 1. The normalized spacial score (nSPS) is 14.8. The molecule has 3 aromatic rings. The lowest BCUT2D eigenvalue weighted by Crippen LogP contribution is -2.39. The Labute approximate surface area is 181 Å². The van der Waals surface area contributed by atoms with Gasteiger partial charge in [-0.05, 0) is 67.5 Å². The Kier molecular flexibility index (Phi) is 6.13. The molecule has 1 N–H and O–H groups in total. The first-order chi connectivity index (χ1) is 14.5. The number of aromatic nitrogens is 2. The molecule has 6 heteroatoms. The summed E-state index contributed by atoms with van der Waals surface area (Å²) in [4.78, 5) is 19.2. The number of amides is 1. The molecule has 1 aromatic heterocycles. The summed E-state index contributed by atoms with van der Waals surface area (Å²) in [5.74, 6) is 1.30. The van der Waals surface area contributed by atoms with Crippen LogP contribution in [0.1, 0.15) is 35.4 Å². The predicted molar refractivity (Wildman–Crippen MR) is 120 cm³/mol. The van der Waals surface area contributed by atoms with Gasteiger partial charge in [-0.3, -0.25) is 9.36 Å². The van der Waals surface area contributed by atoms with E-state index in [0.717, 1.165) is 36.8 Å². The lowest BCUT2D eigenvalue weighted by atomic mass is 9.89. The molecule has 1 fully saturated rings. The van der Waals surface area contributed by atoms with Gasteiger partial charge < -0.3 is 10.0 Å². The maximum absolute atomic E-state index is 12.8. The number of thioether (sulfide) groups is 1. The van der Waals surface area contributed by atoms with Crippen LogP contribution in [0.2, 0.25) is 0 Å². The number of carbonyl (C=O) groups is 1. The van der Waals surface area contributed by atoms with E-state index >= 15 is 0 Å². The third-order valence-corrected chi connectivity index (χ3v) is 6.72. The smallest absolute Gasteiger partial charge is 0.233 e. The van der Waals surface area contributed by atoms with Crippen molar-refractivity contribution in [1.82, 2.24) is 14.5 Å². The van der Waals surface area contributed by atoms with E-state index < -0.39 is 0 Å². The maximum Gasteiger partial charge on any atom is 0.233 e. The Balaban J connectivity index is 1.35. The molecular weight excluding hydrogens is 394 g/mol. The van der Waals surface area contributed by atoms with Crippen LogP contribution in [0, 0.1) is 13.8 Å². The quantitative estimate of drug-likeness (QED) is 0.607. The highest BCUT2D eigenvalue weighted by Crippen LogP contribution is 2.30. The molecule has 30 heavy (non-hydrogen) atoms. The average molecular weight is 422 g/mol. The van der Waals surface area contributed by atoms with E-state index in [2.05, 4.69) is 41.6 Å². The summed E-state index contributed by atoms with van der Waals surface area (Å²) in [6.07, 6.45) is 5.66. The molecule has 0 saturated carbocycles. The van der Waals surface area contributed by atoms with E-state index in [1.165, 1.54) is 28.5 Å². The van der Waals surface area contributed by atoms with Gasteiger partial charge in [-0.15, -0.1) is 0 Å². The SMILES string of the molecule is Cc1ccc(C)c(-n2ccnc2SCC(=O)N2CCC(c3ccc(O)cc3)CC2)c1. The topological polar surface area (TPSA) is 58.4 Å². The van der Waals surface area contributed by atoms with Crippen molar-refractivity contribution in [2.45, 2.75) is 37.8 Å².